The second-order valence-electron chi connectivity index (χ2n) is 4.48. The van der Waals surface area contributed by atoms with Gasteiger partial charge in [-0.15, -0.1) is 0 Å². The van der Waals surface area contributed by atoms with E-state index in [0.29, 0.717) is 13.1 Å². The SMILES string of the molecule is CC1=CN(S(=O)(=O)N2CCCCC2)C=CN1C. The average molecular weight is 257 g/mol. The molecule has 0 amide bonds. The van der Waals surface area contributed by atoms with E-state index in [9.17, 15) is 8.42 Å². The molecule has 0 N–H and O–H groups in total. The maximum absolute atomic E-state index is 12.3. The average Bonchev–Trinajstić information content (AvgIpc) is 2.33. The summed E-state index contributed by atoms with van der Waals surface area (Å²) in [6.45, 7) is 3.16. The Morgan fingerprint density at radius 1 is 1.12 bits per heavy atom. The zero-order valence-corrected chi connectivity index (χ0v) is 11.2. The third kappa shape index (κ3) is 2.47. The lowest BCUT2D eigenvalue weighted by molar-refractivity contribution is 0.329. The number of nitrogens with zero attached hydrogens (tertiary/aromatic N) is 3. The van der Waals surface area contributed by atoms with Gasteiger partial charge in [-0.05, 0) is 19.8 Å². The number of hydrogen-bond acceptors (Lipinski definition) is 3. The number of piperidine rings is 1. The van der Waals surface area contributed by atoms with Crippen LogP contribution in [0.15, 0.2) is 24.3 Å². The van der Waals surface area contributed by atoms with Gasteiger partial charge < -0.3 is 4.90 Å². The molecule has 0 atom stereocenters. The van der Waals surface area contributed by atoms with Gasteiger partial charge in [0, 0.05) is 44.4 Å². The van der Waals surface area contributed by atoms with Crippen molar-refractivity contribution in [2.45, 2.75) is 26.2 Å². The molecule has 2 heterocycles. The Hall–Kier alpha value is -1.01. The monoisotopic (exact) mass is 257 g/mol. The Balaban J connectivity index is 2.18. The van der Waals surface area contributed by atoms with Gasteiger partial charge in [0.15, 0.2) is 0 Å². The fourth-order valence-corrected chi connectivity index (χ4v) is 3.45. The van der Waals surface area contributed by atoms with Gasteiger partial charge in [0.1, 0.15) is 0 Å². The summed E-state index contributed by atoms with van der Waals surface area (Å²) in [5.41, 5.74) is 0.910. The first-order chi connectivity index (χ1) is 8.01. The van der Waals surface area contributed by atoms with Crippen molar-refractivity contribution in [3.63, 3.8) is 0 Å². The molecule has 2 aliphatic rings. The van der Waals surface area contributed by atoms with Crippen LogP contribution in [0.3, 0.4) is 0 Å². The molecule has 0 radical (unpaired) electrons. The Bertz CT molecular complexity index is 436. The molecule has 1 saturated heterocycles. The van der Waals surface area contributed by atoms with Crippen LogP contribution in [0.2, 0.25) is 0 Å². The van der Waals surface area contributed by atoms with Gasteiger partial charge in [-0.2, -0.15) is 12.7 Å². The van der Waals surface area contributed by atoms with Crippen molar-refractivity contribution in [3.05, 3.63) is 24.3 Å². The summed E-state index contributed by atoms with van der Waals surface area (Å²) < 4.78 is 27.5. The van der Waals surface area contributed by atoms with Crippen molar-refractivity contribution < 1.29 is 8.42 Å². The predicted molar refractivity (Wildman–Crippen MR) is 66.8 cm³/mol. The summed E-state index contributed by atoms with van der Waals surface area (Å²) in [6, 6.07) is 0. The Labute approximate surface area is 103 Å². The zero-order chi connectivity index (χ0) is 12.5. The fourth-order valence-electron chi connectivity index (χ4n) is 1.97. The van der Waals surface area contributed by atoms with Crippen molar-refractivity contribution in [2.75, 3.05) is 20.1 Å². The van der Waals surface area contributed by atoms with Crippen LogP contribution >= 0.6 is 0 Å². The van der Waals surface area contributed by atoms with Gasteiger partial charge in [0.05, 0.1) is 0 Å². The first-order valence-corrected chi connectivity index (χ1v) is 7.30. The molecule has 17 heavy (non-hydrogen) atoms. The van der Waals surface area contributed by atoms with E-state index < -0.39 is 10.2 Å². The maximum atomic E-state index is 12.3. The van der Waals surface area contributed by atoms with Crippen LogP contribution in [0, 0.1) is 0 Å². The molecule has 0 unspecified atom stereocenters. The molecule has 0 aromatic heterocycles. The van der Waals surface area contributed by atoms with Crippen LogP contribution in [0.5, 0.6) is 0 Å². The summed E-state index contributed by atoms with van der Waals surface area (Å²) in [5, 5.41) is 0. The van der Waals surface area contributed by atoms with Crippen LogP contribution < -0.4 is 0 Å². The lowest BCUT2D eigenvalue weighted by Gasteiger charge is -2.32. The smallest absolute Gasteiger partial charge is 0.307 e. The Morgan fingerprint density at radius 3 is 2.35 bits per heavy atom. The minimum atomic E-state index is -3.36. The highest BCUT2D eigenvalue weighted by Crippen LogP contribution is 2.20. The summed E-state index contributed by atoms with van der Waals surface area (Å²) >= 11 is 0. The molecule has 96 valence electrons. The van der Waals surface area contributed by atoms with E-state index in [-0.39, 0.29) is 0 Å². The van der Waals surface area contributed by atoms with Gasteiger partial charge in [-0.3, -0.25) is 0 Å². The van der Waals surface area contributed by atoms with Crippen LogP contribution in [0.4, 0.5) is 0 Å². The molecule has 5 nitrogen and oxygen atoms in total. The normalized spacial score (nSPS) is 22.8. The van der Waals surface area contributed by atoms with E-state index in [1.165, 1.54) is 4.31 Å². The summed E-state index contributed by atoms with van der Waals surface area (Å²) in [5.74, 6) is 0. The summed E-state index contributed by atoms with van der Waals surface area (Å²) in [4.78, 5) is 1.89. The lowest BCUT2D eigenvalue weighted by atomic mass is 10.2. The van der Waals surface area contributed by atoms with Gasteiger partial charge in [0.2, 0.25) is 0 Å². The molecule has 0 aromatic rings. The fraction of sp³-hybridized carbons (Fsp3) is 0.636. The molecule has 0 aromatic carbocycles. The minimum absolute atomic E-state index is 0.634. The van der Waals surface area contributed by atoms with E-state index in [0.717, 1.165) is 25.0 Å². The topological polar surface area (TPSA) is 43.9 Å². The van der Waals surface area contributed by atoms with E-state index in [2.05, 4.69) is 0 Å². The van der Waals surface area contributed by atoms with Crippen LogP contribution in [-0.4, -0.2) is 42.1 Å². The number of hydrogen-bond donors (Lipinski definition) is 0. The molecular weight excluding hydrogens is 238 g/mol. The molecule has 0 spiro atoms. The molecule has 2 aliphatic heterocycles. The molecule has 6 heteroatoms. The first-order valence-electron chi connectivity index (χ1n) is 5.90. The van der Waals surface area contributed by atoms with Gasteiger partial charge in [0.25, 0.3) is 0 Å². The van der Waals surface area contributed by atoms with Crippen LogP contribution in [-0.2, 0) is 10.2 Å². The molecule has 1 fully saturated rings. The first kappa shape index (κ1) is 12.4. The quantitative estimate of drug-likeness (QED) is 0.749. The molecule has 2 rings (SSSR count). The highest BCUT2D eigenvalue weighted by molar-refractivity contribution is 7.86. The van der Waals surface area contributed by atoms with E-state index in [1.807, 2.05) is 18.9 Å². The second-order valence-corrected chi connectivity index (χ2v) is 6.31. The minimum Gasteiger partial charge on any atom is -0.352 e. The summed E-state index contributed by atoms with van der Waals surface area (Å²) in [7, 11) is -1.47. The molecule has 0 aliphatic carbocycles. The van der Waals surface area contributed by atoms with Crippen molar-refractivity contribution in [1.29, 1.82) is 0 Å². The van der Waals surface area contributed by atoms with Crippen molar-refractivity contribution >= 4 is 10.2 Å². The molecule has 0 bridgehead atoms. The van der Waals surface area contributed by atoms with Gasteiger partial charge in [-0.25, -0.2) is 4.31 Å². The van der Waals surface area contributed by atoms with Gasteiger partial charge in [-0.1, -0.05) is 6.42 Å². The zero-order valence-electron chi connectivity index (χ0n) is 10.3. The van der Waals surface area contributed by atoms with E-state index in [1.54, 1.807) is 22.9 Å². The van der Waals surface area contributed by atoms with Crippen LogP contribution in [0.1, 0.15) is 26.2 Å². The third-order valence-electron chi connectivity index (χ3n) is 3.22. The standard InChI is InChI=1S/C11H19N3O2S/c1-11-10-14(9-8-12(11)2)17(15,16)13-6-4-3-5-7-13/h8-10H,3-7H2,1-2H3. The Kier molecular flexibility index (Phi) is 3.44. The molecule has 0 saturated carbocycles. The largest absolute Gasteiger partial charge is 0.352 e. The van der Waals surface area contributed by atoms with Crippen molar-refractivity contribution in [2.24, 2.45) is 0 Å². The predicted octanol–water partition coefficient (Wildman–Crippen LogP) is 1.30. The Morgan fingerprint density at radius 2 is 1.76 bits per heavy atom. The lowest BCUT2D eigenvalue weighted by Crippen LogP contribution is -2.43. The van der Waals surface area contributed by atoms with Gasteiger partial charge >= 0.3 is 10.2 Å². The number of rotatable bonds is 2. The van der Waals surface area contributed by atoms with E-state index >= 15 is 0 Å². The van der Waals surface area contributed by atoms with E-state index in [4.69, 9.17) is 0 Å². The highest BCUT2D eigenvalue weighted by atomic mass is 32.2. The second kappa shape index (κ2) is 4.70. The number of allylic oxidation sites excluding steroid dienone is 1. The van der Waals surface area contributed by atoms with Crippen LogP contribution in [0.25, 0.3) is 0 Å². The third-order valence-corrected chi connectivity index (χ3v) is 4.99. The van der Waals surface area contributed by atoms with Crippen molar-refractivity contribution in [1.82, 2.24) is 13.5 Å². The summed E-state index contributed by atoms with van der Waals surface area (Å²) in [6.07, 6.45) is 8.05. The highest BCUT2D eigenvalue weighted by Gasteiger charge is 2.28. The maximum Gasteiger partial charge on any atom is 0.307 e. The van der Waals surface area contributed by atoms with Crippen molar-refractivity contribution in [3.8, 4) is 0 Å². The molecular formula is C11H19N3O2S.